The molecule has 0 saturated carbocycles. The van der Waals surface area contributed by atoms with Crippen molar-refractivity contribution in [3.63, 3.8) is 0 Å². The maximum atomic E-state index is 5.55. The summed E-state index contributed by atoms with van der Waals surface area (Å²) in [6, 6.07) is 7.57. The van der Waals surface area contributed by atoms with Crippen molar-refractivity contribution in [2.75, 3.05) is 26.7 Å². The van der Waals surface area contributed by atoms with Crippen LogP contribution >= 0.6 is 0 Å². The zero-order valence-corrected chi connectivity index (χ0v) is 12.6. The number of nitrogens with zero attached hydrogens (tertiary/aromatic N) is 1. The third-order valence-electron chi connectivity index (χ3n) is 4.01. The topological polar surface area (TPSA) is 24.5 Å². The normalized spacial score (nSPS) is 15.7. The molecule has 1 aliphatic rings. The molecule has 106 valence electrons. The van der Waals surface area contributed by atoms with Crippen molar-refractivity contribution in [1.29, 1.82) is 0 Å². The molecule has 1 aromatic rings. The molecule has 0 bridgehead atoms. The zero-order chi connectivity index (χ0) is 13.8. The summed E-state index contributed by atoms with van der Waals surface area (Å²) in [7, 11) is 2.17. The van der Waals surface area contributed by atoms with Gasteiger partial charge >= 0.3 is 0 Å². The molecular weight excluding hydrogens is 236 g/mol. The van der Waals surface area contributed by atoms with Gasteiger partial charge in [-0.1, -0.05) is 12.1 Å². The fourth-order valence-corrected chi connectivity index (χ4v) is 2.31. The summed E-state index contributed by atoms with van der Waals surface area (Å²) in [4.78, 5) is 2.36. The number of nitrogens with one attached hydrogen (secondary N) is 1. The molecule has 1 aromatic carbocycles. The Labute approximate surface area is 116 Å². The quantitative estimate of drug-likeness (QED) is 0.853. The minimum atomic E-state index is 0.395. The molecule has 0 saturated heterocycles. The lowest BCUT2D eigenvalue weighted by molar-refractivity contribution is 0.270. The number of likely N-dealkylation sites (N-methyl/N-ethyl adjacent to an activating group) is 1. The molecule has 0 amide bonds. The van der Waals surface area contributed by atoms with Gasteiger partial charge in [-0.05, 0) is 45.0 Å². The van der Waals surface area contributed by atoms with Crippen LogP contribution in [-0.4, -0.2) is 37.7 Å². The molecule has 0 aromatic heterocycles. The Morgan fingerprint density at radius 1 is 1.32 bits per heavy atom. The SMILES string of the molecule is CC(NCCN(C)C(C)C)c1ccc2c(c1)CCO2. The van der Waals surface area contributed by atoms with Crippen LogP contribution in [0.3, 0.4) is 0 Å². The number of hydrogen-bond acceptors (Lipinski definition) is 3. The van der Waals surface area contributed by atoms with E-state index in [1.807, 2.05) is 0 Å². The number of fused-ring (bicyclic) bond motifs is 1. The monoisotopic (exact) mass is 262 g/mol. The predicted molar refractivity (Wildman–Crippen MR) is 79.8 cm³/mol. The van der Waals surface area contributed by atoms with E-state index in [4.69, 9.17) is 4.74 Å². The highest BCUT2D eigenvalue weighted by atomic mass is 16.5. The second kappa shape index (κ2) is 6.40. The summed E-state index contributed by atoms with van der Waals surface area (Å²) in [6.45, 7) is 9.61. The first-order valence-corrected chi connectivity index (χ1v) is 7.27. The van der Waals surface area contributed by atoms with Crippen molar-refractivity contribution in [1.82, 2.24) is 10.2 Å². The summed E-state index contributed by atoms with van der Waals surface area (Å²) in [5, 5.41) is 3.59. The Bertz CT molecular complexity index is 417. The molecule has 0 aliphatic carbocycles. The molecule has 1 unspecified atom stereocenters. The van der Waals surface area contributed by atoms with E-state index in [2.05, 4.69) is 56.2 Å². The second-order valence-corrected chi connectivity index (χ2v) is 5.72. The van der Waals surface area contributed by atoms with E-state index in [0.29, 0.717) is 12.1 Å². The van der Waals surface area contributed by atoms with E-state index >= 15 is 0 Å². The predicted octanol–water partition coefficient (Wildman–Crippen LogP) is 2.61. The van der Waals surface area contributed by atoms with Crippen LogP contribution in [0.5, 0.6) is 5.75 Å². The van der Waals surface area contributed by atoms with Gasteiger partial charge in [0.05, 0.1) is 6.61 Å². The Morgan fingerprint density at radius 2 is 2.11 bits per heavy atom. The fourth-order valence-electron chi connectivity index (χ4n) is 2.31. The van der Waals surface area contributed by atoms with Gasteiger partial charge in [-0.3, -0.25) is 0 Å². The molecule has 2 rings (SSSR count). The van der Waals surface area contributed by atoms with Crippen LogP contribution in [0.25, 0.3) is 0 Å². The van der Waals surface area contributed by atoms with Crippen LogP contribution in [0.2, 0.25) is 0 Å². The maximum Gasteiger partial charge on any atom is 0.122 e. The number of ether oxygens (including phenoxy) is 1. The molecule has 0 radical (unpaired) electrons. The van der Waals surface area contributed by atoms with E-state index in [1.165, 1.54) is 11.1 Å². The minimum Gasteiger partial charge on any atom is -0.493 e. The Hall–Kier alpha value is -1.06. The first-order chi connectivity index (χ1) is 9.08. The van der Waals surface area contributed by atoms with Gasteiger partial charge in [0.25, 0.3) is 0 Å². The van der Waals surface area contributed by atoms with Crippen LogP contribution in [-0.2, 0) is 6.42 Å². The van der Waals surface area contributed by atoms with Crippen LogP contribution in [0.1, 0.15) is 37.9 Å². The minimum absolute atomic E-state index is 0.395. The van der Waals surface area contributed by atoms with E-state index in [-0.39, 0.29) is 0 Å². The van der Waals surface area contributed by atoms with Crippen molar-refractivity contribution >= 4 is 0 Å². The van der Waals surface area contributed by atoms with Crippen molar-refractivity contribution in [2.45, 2.75) is 39.3 Å². The van der Waals surface area contributed by atoms with Gasteiger partial charge in [0.2, 0.25) is 0 Å². The molecular formula is C16H26N2O. The van der Waals surface area contributed by atoms with Crippen LogP contribution in [0.4, 0.5) is 0 Å². The van der Waals surface area contributed by atoms with Crippen LogP contribution in [0.15, 0.2) is 18.2 Å². The molecule has 19 heavy (non-hydrogen) atoms. The number of rotatable bonds is 6. The lowest BCUT2D eigenvalue weighted by Crippen LogP contribution is -2.34. The van der Waals surface area contributed by atoms with Gasteiger partial charge in [0, 0.05) is 31.6 Å². The number of benzene rings is 1. The van der Waals surface area contributed by atoms with Gasteiger partial charge < -0.3 is 15.0 Å². The summed E-state index contributed by atoms with van der Waals surface area (Å²) in [5.41, 5.74) is 2.71. The Kier molecular flexibility index (Phi) is 4.83. The molecule has 3 nitrogen and oxygen atoms in total. The van der Waals surface area contributed by atoms with Crippen molar-refractivity contribution in [2.24, 2.45) is 0 Å². The van der Waals surface area contributed by atoms with E-state index in [1.54, 1.807) is 0 Å². The van der Waals surface area contributed by atoms with Crippen LogP contribution < -0.4 is 10.1 Å². The maximum absolute atomic E-state index is 5.55. The summed E-state index contributed by atoms with van der Waals surface area (Å²) in [6.07, 6.45) is 1.05. The first-order valence-electron chi connectivity index (χ1n) is 7.27. The van der Waals surface area contributed by atoms with E-state index in [9.17, 15) is 0 Å². The summed E-state index contributed by atoms with van der Waals surface area (Å²) in [5.74, 6) is 1.07. The third-order valence-corrected chi connectivity index (χ3v) is 4.01. The van der Waals surface area contributed by atoms with Gasteiger partial charge in [-0.25, -0.2) is 0 Å². The molecule has 0 spiro atoms. The standard InChI is InChI=1S/C16H26N2O/c1-12(2)18(4)9-8-17-13(3)14-5-6-16-15(11-14)7-10-19-16/h5-6,11-13,17H,7-10H2,1-4H3. The average molecular weight is 262 g/mol. The Morgan fingerprint density at radius 3 is 2.84 bits per heavy atom. The molecule has 3 heteroatoms. The fraction of sp³-hybridized carbons (Fsp3) is 0.625. The van der Waals surface area contributed by atoms with Gasteiger partial charge in [0.15, 0.2) is 0 Å². The molecule has 1 heterocycles. The zero-order valence-electron chi connectivity index (χ0n) is 12.6. The van der Waals surface area contributed by atoms with E-state index < -0.39 is 0 Å². The van der Waals surface area contributed by atoms with E-state index in [0.717, 1.165) is 31.9 Å². The average Bonchev–Trinajstić information content (AvgIpc) is 2.85. The highest BCUT2D eigenvalue weighted by molar-refractivity contribution is 5.40. The highest BCUT2D eigenvalue weighted by Crippen LogP contribution is 2.27. The van der Waals surface area contributed by atoms with Crippen molar-refractivity contribution < 1.29 is 4.74 Å². The number of hydrogen-bond donors (Lipinski definition) is 1. The summed E-state index contributed by atoms with van der Waals surface area (Å²) >= 11 is 0. The third kappa shape index (κ3) is 3.71. The Balaban J connectivity index is 1.84. The van der Waals surface area contributed by atoms with Crippen LogP contribution in [0, 0.1) is 0 Å². The summed E-state index contributed by atoms with van der Waals surface area (Å²) < 4.78 is 5.55. The van der Waals surface area contributed by atoms with Gasteiger partial charge in [-0.2, -0.15) is 0 Å². The van der Waals surface area contributed by atoms with Gasteiger partial charge in [0.1, 0.15) is 5.75 Å². The molecule has 1 N–H and O–H groups in total. The van der Waals surface area contributed by atoms with Crippen molar-refractivity contribution in [3.8, 4) is 5.75 Å². The smallest absolute Gasteiger partial charge is 0.122 e. The first kappa shape index (κ1) is 14.4. The van der Waals surface area contributed by atoms with Gasteiger partial charge in [-0.15, -0.1) is 0 Å². The van der Waals surface area contributed by atoms with Crippen molar-refractivity contribution in [3.05, 3.63) is 29.3 Å². The highest BCUT2D eigenvalue weighted by Gasteiger charge is 2.14. The molecule has 1 aliphatic heterocycles. The second-order valence-electron chi connectivity index (χ2n) is 5.72. The lowest BCUT2D eigenvalue weighted by Gasteiger charge is -2.22. The molecule has 0 fully saturated rings. The molecule has 1 atom stereocenters. The lowest BCUT2D eigenvalue weighted by atomic mass is 10.0. The largest absolute Gasteiger partial charge is 0.493 e.